The second-order valence-corrected chi connectivity index (χ2v) is 9.02. The molecule has 3 rings (SSSR count). The first-order valence-electron chi connectivity index (χ1n) is 8.28. The van der Waals surface area contributed by atoms with Crippen LogP contribution in [0, 0.1) is 0 Å². The van der Waals surface area contributed by atoms with Crippen molar-refractivity contribution in [3.8, 4) is 0 Å². The summed E-state index contributed by atoms with van der Waals surface area (Å²) in [5, 5.41) is 2.72. The van der Waals surface area contributed by atoms with E-state index >= 15 is 0 Å². The molecule has 0 aliphatic carbocycles. The average molecular weight is 383 g/mol. The van der Waals surface area contributed by atoms with Crippen LogP contribution in [-0.4, -0.2) is 60.7 Å². The van der Waals surface area contributed by atoms with E-state index in [9.17, 15) is 18.0 Å². The number of thioether (sulfide) groups is 1. The van der Waals surface area contributed by atoms with Crippen molar-refractivity contribution in [2.24, 2.45) is 0 Å². The van der Waals surface area contributed by atoms with Gasteiger partial charge in [0.25, 0.3) is 5.24 Å². The third-order valence-corrected chi connectivity index (χ3v) is 7.06. The van der Waals surface area contributed by atoms with Gasteiger partial charge in [0.1, 0.15) is 0 Å². The molecular formula is C16H21N3O4S2. The first-order chi connectivity index (χ1) is 12.0. The van der Waals surface area contributed by atoms with Crippen molar-refractivity contribution >= 4 is 38.6 Å². The highest BCUT2D eigenvalue weighted by atomic mass is 32.2. The minimum absolute atomic E-state index is 0.00602. The molecule has 1 aromatic carbocycles. The minimum Gasteiger partial charge on any atom is -0.332 e. The maximum atomic E-state index is 12.6. The Labute approximate surface area is 151 Å². The summed E-state index contributed by atoms with van der Waals surface area (Å²) in [6, 6.07) is 6.32. The van der Waals surface area contributed by atoms with Crippen LogP contribution in [0.15, 0.2) is 29.2 Å². The molecule has 2 fully saturated rings. The lowest BCUT2D eigenvalue weighted by Gasteiger charge is -2.16. The molecular weight excluding hydrogens is 362 g/mol. The van der Waals surface area contributed by atoms with Gasteiger partial charge in [0, 0.05) is 44.0 Å². The summed E-state index contributed by atoms with van der Waals surface area (Å²) in [5.41, 5.74) is 0.451. The quantitative estimate of drug-likeness (QED) is 0.812. The predicted octanol–water partition coefficient (Wildman–Crippen LogP) is 1.97. The van der Waals surface area contributed by atoms with Crippen molar-refractivity contribution in [1.29, 1.82) is 0 Å². The van der Waals surface area contributed by atoms with Crippen LogP contribution in [0.2, 0.25) is 0 Å². The van der Waals surface area contributed by atoms with Crippen LogP contribution < -0.4 is 5.32 Å². The van der Waals surface area contributed by atoms with E-state index in [2.05, 4.69) is 5.32 Å². The van der Waals surface area contributed by atoms with Gasteiger partial charge in [-0.15, -0.1) is 0 Å². The van der Waals surface area contributed by atoms with Crippen molar-refractivity contribution in [2.45, 2.75) is 24.2 Å². The number of benzene rings is 1. The summed E-state index contributed by atoms with van der Waals surface area (Å²) >= 11 is 1.26. The molecule has 25 heavy (non-hydrogen) atoms. The molecule has 9 heteroatoms. The molecule has 0 spiro atoms. The van der Waals surface area contributed by atoms with Crippen molar-refractivity contribution in [3.63, 3.8) is 0 Å². The Hall–Kier alpha value is -1.58. The lowest BCUT2D eigenvalue weighted by molar-refractivity contribution is -0.116. The highest BCUT2D eigenvalue weighted by molar-refractivity contribution is 8.13. The van der Waals surface area contributed by atoms with E-state index in [1.54, 1.807) is 23.1 Å². The SMILES string of the molecule is O=C(CCN1CCSC1=O)Nc1cccc(S(=O)(=O)N2CCCC2)c1. The summed E-state index contributed by atoms with van der Waals surface area (Å²) in [7, 11) is -3.50. The fourth-order valence-corrected chi connectivity index (χ4v) is 5.32. The Morgan fingerprint density at radius 2 is 1.96 bits per heavy atom. The van der Waals surface area contributed by atoms with Crippen LogP contribution in [0.3, 0.4) is 0 Å². The van der Waals surface area contributed by atoms with Gasteiger partial charge in [-0.05, 0) is 31.0 Å². The number of carbonyl (C=O) groups excluding carboxylic acids is 2. The molecule has 136 valence electrons. The number of carbonyl (C=O) groups is 2. The molecule has 7 nitrogen and oxygen atoms in total. The number of hydrogen-bond acceptors (Lipinski definition) is 5. The second kappa shape index (κ2) is 7.76. The molecule has 2 heterocycles. The number of amides is 2. The smallest absolute Gasteiger partial charge is 0.281 e. The molecule has 2 aliphatic rings. The molecule has 0 aromatic heterocycles. The number of hydrogen-bond donors (Lipinski definition) is 1. The Balaban J connectivity index is 1.61. The summed E-state index contributed by atoms with van der Waals surface area (Å²) < 4.78 is 26.6. The van der Waals surface area contributed by atoms with Crippen LogP contribution in [-0.2, 0) is 14.8 Å². The largest absolute Gasteiger partial charge is 0.332 e. The lowest BCUT2D eigenvalue weighted by atomic mass is 10.3. The van der Waals surface area contributed by atoms with Gasteiger partial charge in [-0.25, -0.2) is 8.42 Å². The standard InChI is InChI=1S/C16H21N3O4S2/c20-15(6-9-18-10-11-24-16(18)21)17-13-4-3-5-14(12-13)25(22,23)19-7-1-2-8-19/h3-5,12H,1-2,6-11H2,(H,17,20). The van der Waals surface area contributed by atoms with E-state index in [4.69, 9.17) is 0 Å². The van der Waals surface area contributed by atoms with Crippen LogP contribution in [0.1, 0.15) is 19.3 Å². The summed E-state index contributed by atoms with van der Waals surface area (Å²) in [6.07, 6.45) is 1.95. The van der Waals surface area contributed by atoms with Crippen LogP contribution in [0.25, 0.3) is 0 Å². The summed E-state index contributed by atoms with van der Waals surface area (Å²) in [5.74, 6) is 0.525. The van der Waals surface area contributed by atoms with E-state index < -0.39 is 10.0 Å². The minimum atomic E-state index is -3.50. The fourth-order valence-electron chi connectivity index (χ4n) is 2.90. The Bertz CT molecular complexity index is 760. The fraction of sp³-hybridized carbons (Fsp3) is 0.500. The van der Waals surface area contributed by atoms with E-state index in [0.717, 1.165) is 18.6 Å². The van der Waals surface area contributed by atoms with Crippen molar-refractivity contribution < 1.29 is 18.0 Å². The van der Waals surface area contributed by atoms with Crippen molar-refractivity contribution in [1.82, 2.24) is 9.21 Å². The molecule has 1 aromatic rings. The molecule has 2 saturated heterocycles. The third-order valence-electron chi connectivity index (χ3n) is 4.27. The van der Waals surface area contributed by atoms with Gasteiger partial charge in [0.05, 0.1) is 4.90 Å². The highest BCUT2D eigenvalue weighted by Gasteiger charge is 2.27. The normalized spacial score (nSPS) is 18.7. The highest BCUT2D eigenvalue weighted by Crippen LogP contribution is 2.23. The number of nitrogens with one attached hydrogen (secondary N) is 1. The number of nitrogens with zero attached hydrogens (tertiary/aromatic N) is 2. The molecule has 0 saturated carbocycles. The van der Waals surface area contributed by atoms with Crippen LogP contribution >= 0.6 is 11.8 Å². The zero-order chi connectivity index (χ0) is 17.9. The molecule has 2 aliphatic heterocycles. The molecule has 0 radical (unpaired) electrons. The van der Waals surface area contributed by atoms with Crippen LogP contribution in [0.4, 0.5) is 10.5 Å². The molecule has 2 amide bonds. The average Bonchev–Trinajstić information content (AvgIpc) is 3.25. The van der Waals surface area contributed by atoms with Crippen molar-refractivity contribution in [2.75, 3.05) is 37.2 Å². The van der Waals surface area contributed by atoms with E-state index in [0.29, 0.717) is 31.9 Å². The van der Waals surface area contributed by atoms with Gasteiger partial charge in [-0.3, -0.25) is 9.59 Å². The summed E-state index contributed by atoms with van der Waals surface area (Å²) in [4.78, 5) is 25.4. The zero-order valence-electron chi connectivity index (χ0n) is 13.8. The Kier molecular flexibility index (Phi) is 5.65. The maximum absolute atomic E-state index is 12.6. The topological polar surface area (TPSA) is 86.8 Å². The van der Waals surface area contributed by atoms with Gasteiger partial charge in [0.2, 0.25) is 15.9 Å². The molecule has 1 N–H and O–H groups in total. The number of rotatable bonds is 6. The Morgan fingerprint density at radius 1 is 1.20 bits per heavy atom. The van der Waals surface area contributed by atoms with E-state index in [1.165, 1.54) is 22.1 Å². The first-order valence-corrected chi connectivity index (χ1v) is 10.7. The van der Waals surface area contributed by atoms with Gasteiger partial charge in [-0.2, -0.15) is 4.31 Å². The van der Waals surface area contributed by atoms with Crippen LogP contribution in [0.5, 0.6) is 0 Å². The van der Waals surface area contributed by atoms with Gasteiger partial charge >= 0.3 is 0 Å². The van der Waals surface area contributed by atoms with Gasteiger partial charge < -0.3 is 10.2 Å². The Morgan fingerprint density at radius 3 is 2.64 bits per heavy atom. The summed E-state index contributed by atoms with van der Waals surface area (Å²) in [6.45, 7) is 2.13. The van der Waals surface area contributed by atoms with E-state index in [1.807, 2.05) is 0 Å². The van der Waals surface area contributed by atoms with Gasteiger partial charge in [-0.1, -0.05) is 17.8 Å². The number of sulfonamides is 1. The zero-order valence-corrected chi connectivity index (χ0v) is 15.4. The third kappa shape index (κ3) is 4.34. The first kappa shape index (κ1) is 18.2. The predicted molar refractivity (Wildman–Crippen MR) is 97.1 cm³/mol. The van der Waals surface area contributed by atoms with E-state index in [-0.39, 0.29) is 22.5 Å². The number of anilines is 1. The molecule has 0 bridgehead atoms. The monoisotopic (exact) mass is 383 g/mol. The molecule has 0 unspecified atom stereocenters. The second-order valence-electron chi connectivity index (χ2n) is 6.04. The maximum Gasteiger partial charge on any atom is 0.281 e. The lowest BCUT2D eigenvalue weighted by Crippen LogP contribution is -2.28. The van der Waals surface area contributed by atoms with Crippen molar-refractivity contribution in [3.05, 3.63) is 24.3 Å². The van der Waals surface area contributed by atoms with Gasteiger partial charge in [0.15, 0.2) is 0 Å². The molecule has 0 atom stereocenters.